The second-order valence-corrected chi connectivity index (χ2v) is 6.04. The van der Waals surface area contributed by atoms with E-state index in [1.807, 2.05) is 18.2 Å². The number of likely N-dealkylation sites (tertiary alicyclic amines) is 1. The Balaban J connectivity index is 1.60. The lowest BCUT2D eigenvalue weighted by Crippen LogP contribution is -2.39. The van der Waals surface area contributed by atoms with Crippen LogP contribution in [-0.2, 0) is 0 Å². The summed E-state index contributed by atoms with van der Waals surface area (Å²) in [6.45, 7) is 1.01. The van der Waals surface area contributed by atoms with Gasteiger partial charge in [-0.1, -0.05) is 0 Å². The Bertz CT molecular complexity index is 945. The maximum absolute atomic E-state index is 12.9. The van der Waals surface area contributed by atoms with Crippen molar-refractivity contribution in [3.8, 4) is 0 Å². The van der Waals surface area contributed by atoms with Crippen LogP contribution in [0.5, 0.6) is 0 Å². The number of carbonyl (C=O) groups is 2. The van der Waals surface area contributed by atoms with Gasteiger partial charge in [-0.3, -0.25) is 4.79 Å². The minimum atomic E-state index is -1.12. The lowest BCUT2D eigenvalue weighted by Gasteiger charge is -2.31. The van der Waals surface area contributed by atoms with Crippen molar-refractivity contribution in [2.75, 3.05) is 13.1 Å². The van der Waals surface area contributed by atoms with Crippen molar-refractivity contribution in [3.63, 3.8) is 0 Å². The number of amides is 1. The molecule has 4 rings (SSSR count). The Morgan fingerprint density at radius 1 is 1.28 bits per heavy atom. The number of oxazole rings is 1. The van der Waals surface area contributed by atoms with E-state index >= 15 is 0 Å². The number of carboxylic acids is 1. The number of carbonyl (C=O) groups excluding carboxylic acids is 1. The van der Waals surface area contributed by atoms with Gasteiger partial charge in [0.05, 0.1) is 5.52 Å². The Morgan fingerprint density at radius 3 is 3.00 bits per heavy atom. The highest BCUT2D eigenvalue weighted by Crippen LogP contribution is 2.30. The maximum atomic E-state index is 12.9. The maximum Gasteiger partial charge on any atom is 0.358 e. The summed E-state index contributed by atoms with van der Waals surface area (Å²) in [4.78, 5) is 29.7. The van der Waals surface area contributed by atoms with Crippen LogP contribution in [0.25, 0.3) is 5.52 Å². The molecule has 0 aromatic carbocycles. The largest absolute Gasteiger partial charge is 0.476 e. The molecule has 1 N–H and O–H groups in total. The van der Waals surface area contributed by atoms with Crippen molar-refractivity contribution in [1.29, 1.82) is 0 Å². The minimum Gasteiger partial charge on any atom is -0.476 e. The third kappa shape index (κ3) is 2.65. The Labute approximate surface area is 142 Å². The van der Waals surface area contributed by atoms with Crippen LogP contribution in [0.2, 0.25) is 0 Å². The first-order valence-corrected chi connectivity index (χ1v) is 8.04. The highest BCUT2D eigenvalue weighted by atomic mass is 16.4. The number of aromatic nitrogens is 3. The van der Waals surface area contributed by atoms with Crippen LogP contribution >= 0.6 is 0 Å². The molecule has 25 heavy (non-hydrogen) atoms. The average molecular weight is 340 g/mol. The van der Waals surface area contributed by atoms with E-state index in [0.29, 0.717) is 24.5 Å². The molecule has 4 heterocycles. The Kier molecular flexibility index (Phi) is 3.72. The summed E-state index contributed by atoms with van der Waals surface area (Å²) in [6.07, 6.45) is 4.31. The van der Waals surface area contributed by atoms with Crippen molar-refractivity contribution in [2.45, 2.75) is 18.8 Å². The molecule has 1 fully saturated rings. The number of rotatable bonds is 3. The predicted octanol–water partition coefficient (Wildman–Crippen LogP) is 2.04. The first-order chi connectivity index (χ1) is 12.1. The topological polar surface area (TPSA) is 101 Å². The molecule has 1 atom stereocenters. The molecule has 0 spiro atoms. The number of nitrogens with zero attached hydrogens (tertiary/aromatic N) is 4. The molecule has 0 radical (unpaired) electrons. The number of hydrogen-bond donors (Lipinski definition) is 1. The second kappa shape index (κ2) is 6.04. The quantitative estimate of drug-likeness (QED) is 0.783. The van der Waals surface area contributed by atoms with E-state index < -0.39 is 5.97 Å². The molecule has 8 heteroatoms. The van der Waals surface area contributed by atoms with E-state index in [-0.39, 0.29) is 17.5 Å². The standard InChI is InChI=1S/C17H16N4O4/c22-16(13-6-5-12-4-1-7-19-21(12)13)20-8-2-3-11(9-20)15-14(17(23)24)18-10-25-15/h1,4-7,10-11H,2-3,8-9H2,(H,23,24). The van der Waals surface area contributed by atoms with Gasteiger partial charge in [0, 0.05) is 25.2 Å². The molecule has 1 saturated heterocycles. The summed E-state index contributed by atoms with van der Waals surface area (Å²) in [5.74, 6) is -1.08. The van der Waals surface area contributed by atoms with Crippen molar-refractivity contribution in [2.24, 2.45) is 0 Å². The Morgan fingerprint density at radius 2 is 2.16 bits per heavy atom. The molecule has 128 valence electrons. The van der Waals surface area contributed by atoms with E-state index in [0.717, 1.165) is 24.8 Å². The van der Waals surface area contributed by atoms with Gasteiger partial charge >= 0.3 is 5.97 Å². The van der Waals surface area contributed by atoms with Gasteiger partial charge < -0.3 is 14.4 Å². The average Bonchev–Trinajstić information content (AvgIpc) is 3.28. The molecule has 8 nitrogen and oxygen atoms in total. The number of fused-ring (bicyclic) bond motifs is 1. The van der Waals surface area contributed by atoms with E-state index in [4.69, 9.17) is 4.42 Å². The summed E-state index contributed by atoms with van der Waals surface area (Å²) in [5.41, 5.74) is 1.27. The fourth-order valence-corrected chi connectivity index (χ4v) is 3.35. The number of piperidine rings is 1. The number of carboxylic acid groups (broad SMARTS) is 1. The van der Waals surface area contributed by atoms with Gasteiger partial charge in [-0.25, -0.2) is 14.3 Å². The van der Waals surface area contributed by atoms with Gasteiger partial charge in [-0.2, -0.15) is 5.10 Å². The first kappa shape index (κ1) is 15.4. The van der Waals surface area contributed by atoms with Crippen LogP contribution in [0.15, 0.2) is 41.3 Å². The molecular formula is C17H16N4O4. The van der Waals surface area contributed by atoms with Crippen LogP contribution in [0.3, 0.4) is 0 Å². The molecule has 3 aromatic rings. The van der Waals surface area contributed by atoms with Gasteiger partial charge in [-0.15, -0.1) is 0 Å². The van der Waals surface area contributed by atoms with Crippen molar-refractivity contribution < 1.29 is 19.1 Å². The van der Waals surface area contributed by atoms with Gasteiger partial charge in [-0.05, 0) is 37.1 Å². The van der Waals surface area contributed by atoms with Gasteiger partial charge in [0.15, 0.2) is 12.1 Å². The third-order valence-electron chi connectivity index (χ3n) is 4.52. The predicted molar refractivity (Wildman–Crippen MR) is 86.5 cm³/mol. The third-order valence-corrected chi connectivity index (χ3v) is 4.52. The highest BCUT2D eigenvalue weighted by Gasteiger charge is 2.31. The lowest BCUT2D eigenvalue weighted by molar-refractivity contribution is 0.0679. The van der Waals surface area contributed by atoms with E-state index in [2.05, 4.69) is 10.1 Å². The zero-order chi connectivity index (χ0) is 17.4. The summed E-state index contributed by atoms with van der Waals surface area (Å²) in [5, 5.41) is 13.4. The van der Waals surface area contributed by atoms with Crippen molar-refractivity contribution >= 4 is 17.4 Å². The fraction of sp³-hybridized carbons (Fsp3) is 0.294. The molecule has 1 aliphatic heterocycles. The molecule has 1 aliphatic rings. The van der Waals surface area contributed by atoms with Crippen LogP contribution < -0.4 is 0 Å². The minimum absolute atomic E-state index is 0.0749. The number of hydrogen-bond acceptors (Lipinski definition) is 5. The fourth-order valence-electron chi connectivity index (χ4n) is 3.35. The molecule has 0 aliphatic carbocycles. The normalized spacial score (nSPS) is 17.8. The van der Waals surface area contributed by atoms with E-state index in [1.165, 1.54) is 0 Å². The smallest absolute Gasteiger partial charge is 0.358 e. The molecular weight excluding hydrogens is 324 g/mol. The van der Waals surface area contributed by atoms with Crippen LogP contribution in [-0.4, -0.2) is 49.6 Å². The summed E-state index contributed by atoms with van der Waals surface area (Å²) in [6, 6.07) is 7.31. The molecule has 3 aromatic heterocycles. The van der Waals surface area contributed by atoms with Gasteiger partial charge in [0.25, 0.3) is 5.91 Å². The summed E-state index contributed by atoms with van der Waals surface area (Å²) in [7, 11) is 0. The second-order valence-electron chi connectivity index (χ2n) is 6.04. The highest BCUT2D eigenvalue weighted by molar-refractivity contribution is 5.94. The molecule has 0 saturated carbocycles. The van der Waals surface area contributed by atoms with Crippen molar-refractivity contribution in [3.05, 3.63) is 54.0 Å². The lowest BCUT2D eigenvalue weighted by atomic mass is 9.94. The van der Waals surface area contributed by atoms with Crippen LogP contribution in [0.1, 0.15) is 45.5 Å². The Hall–Kier alpha value is -3.16. The van der Waals surface area contributed by atoms with Crippen LogP contribution in [0, 0.1) is 0 Å². The monoisotopic (exact) mass is 340 g/mol. The molecule has 1 unspecified atom stereocenters. The zero-order valence-electron chi connectivity index (χ0n) is 13.3. The molecule has 1 amide bonds. The van der Waals surface area contributed by atoms with E-state index in [1.54, 1.807) is 21.7 Å². The SMILES string of the molecule is O=C(O)c1ncoc1C1CCCN(C(=O)c2ccc3cccnn23)C1. The van der Waals surface area contributed by atoms with Gasteiger partial charge in [0.2, 0.25) is 0 Å². The first-order valence-electron chi connectivity index (χ1n) is 8.04. The molecule has 0 bridgehead atoms. The summed E-state index contributed by atoms with van der Waals surface area (Å²) >= 11 is 0. The van der Waals surface area contributed by atoms with Crippen LogP contribution in [0.4, 0.5) is 0 Å². The van der Waals surface area contributed by atoms with E-state index in [9.17, 15) is 14.7 Å². The van der Waals surface area contributed by atoms with Crippen molar-refractivity contribution in [1.82, 2.24) is 19.5 Å². The number of aromatic carboxylic acids is 1. The zero-order valence-corrected chi connectivity index (χ0v) is 13.3. The van der Waals surface area contributed by atoms with Gasteiger partial charge in [0.1, 0.15) is 11.5 Å². The summed E-state index contributed by atoms with van der Waals surface area (Å²) < 4.78 is 6.92.